The number of benzene rings is 1. The van der Waals surface area contributed by atoms with Gasteiger partial charge in [0.05, 0.1) is 11.4 Å². The lowest BCUT2D eigenvalue weighted by molar-refractivity contribution is 0.248. The molecule has 1 aliphatic rings. The minimum atomic E-state index is 0.581. The minimum absolute atomic E-state index is 0.581. The van der Waals surface area contributed by atoms with Crippen LogP contribution in [0.25, 0.3) is 0 Å². The number of nitrogen functional groups attached to an aromatic ring is 1. The normalized spacial score (nSPS) is 21.5. The van der Waals surface area contributed by atoms with Crippen molar-refractivity contribution in [1.29, 1.82) is 0 Å². The third kappa shape index (κ3) is 2.55. The Balaban J connectivity index is 2.21. The maximum Gasteiger partial charge on any atom is 0.0629 e. The Morgan fingerprint density at radius 2 is 2.18 bits per heavy atom. The molecule has 1 aromatic rings. The molecule has 0 aromatic heterocycles. The van der Waals surface area contributed by atoms with E-state index in [0.717, 1.165) is 12.2 Å². The summed E-state index contributed by atoms with van der Waals surface area (Å²) in [6, 6.07) is 6.73. The van der Waals surface area contributed by atoms with E-state index in [0.29, 0.717) is 6.04 Å². The molecule has 0 spiro atoms. The summed E-state index contributed by atoms with van der Waals surface area (Å²) in [4.78, 5) is 4.76. The standard InChI is InChI=1S/C14H23N3/c1-11-6-4-8-13(15)14(11)17(3)12-7-5-9-16(2)10-12/h4,6,8,12H,5,7,9-10,15H2,1-3H3. The fourth-order valence-electron chi connectivity index (χ4n) is 2.80. The fraction of sp³-hybridized carbons (Fsp3) is 0.571. The van der Waals surface area contributed by atoms with Gasteiger partial charge in [0.15, 0.2) is 0 Å². The average Bonchev–Trinajstić information content (AvgIpc) is 2.28. The van der Waals surface area contributed by atoms with E-state index in [1.165, 1.54) is 30.6 Å². The number of likely N-dealkylation sites (N-methyl/N-ethyl adjacent to an activating group) is 2. The summed E-state index contributed by atoms with van der Waals surface area (Å²) < 4.78 is 0. The molecule has 0 aliphatic carbocycles. The molecule has 1 heterocycles. The van der Waals surface area contributed by atoms with Gasteiger partial charge >= 0.3 is 0 Å². The van der Waals surface area contributed by atoms with Gasteiger partial charge < -0.3 is 15.5 Å². The Morgan fingerprint density at radius 1 is 1.41 bits per heavy atom. The van der Waals surface area contributed by atoms with Crippen molar-refractivity contribution in [3.8, 4) is 0 Å². The number of likely N-dealkylation sites (tertiary alicyclic amines) is 1. The number of para-hydroxylation sites is 1. The maximum atomic E-state index is 6.11. The second-order valence-electron chi connectivity index (χ2n) is 5.18. The van der Waals surface area contributed by atoms with Gasteiger partial charge in [0.1, 0.15) is 0 Å². The Morgan fingerprint density at radius 3 is 2.82 bits per heavy atom. The monoisotopic (exact) mass is 233 g/mol. The number of nitrogens with two attached hydrogens (primary N) is 1. The van der Waals surface area contributed by atoms with Crippen LogP contribution in [0.4, 0.5) is 11.4 Å². The van der Waals surface area contributed by atoms with Gasteiger partial charge in [-0.05, 0) is 45.0 Å². The lowest BCUT2D eigenvalue weighted by Crippen LogP contribution is -2.45. The lowest BCUT2D eigenvalue weighted by Gasteiger charge is -2.38. The van der Waals surface area contributed by atoms with Crippen molar-refractivity contribution >= 4 is 11.4 Å². The molecule has 2 N–H and O–H groups in total. The van der Waals surface area contributed by atoms with Gasteiger partial charge in [-0.25, -0.2) is 0 Å². The van der Waals surface area contributed by atoms with Gasteiger partial charge in [0, 0.05) is 19.6 Å². The van der Waals surface area contributed by atoms with Crippen LogP contribution in [0.1, 0.15) is 18.4 Å². The second-order valence-corrected chi connectivity index (χ2v) is 5.18. The molecule has 3 heteroatoms. The predicted octanol–water partition coefficient (Wildman–Crippen LogP) is 2.11. The van der Waals surface area contributed by atoms with Gasteiger partial charge in [-0.15, -0.1) is 0 Å². The van der Waals surface area contributed by atoms with Crippen LogP contribution < -0.4 is 10.6 Å². The lowest BCUT2D eigenvalue weighted by atomic mass is 10.0. The highest BCUT2D eigenvalue weighted by molar-refractivity contribution is 5.71. The van der Waals surface area contributed by atoms with Crippen molar-refractivity contribution in [2.24, 2.45) is 0 Å². The molecule has 0 saturated carbocycles. The largest absolute Gasteiger partial charge is 0.397 e. The molecule has 3 nitrogen and oxygen atoms in total. The summed E-state index contributed by atoms with van der Waals surface area (Å²) in [5.74, 6) is 0. The molecule has 1 atom stereocenters. The zero-order chi connectivity index (χ0) is 12.4. The number of hydrogen-bond acceptors (Lipinski definition) is 3. The van der Waals surface area contributed by atoms with Crippen LogP contribution in [-0.2, 0) is 0 Å². The molecule has 1 aromatic carbocycles. The van der Waals surface area contributed by atoms with E-state index in [-0.39, 0.29) is 0 Å². The van der Waals surface area contributed by atoms with E-state index in [1.807, 2.05) is 12.1 Å². The summed E-state index contributed by atoms with van der Waals surface area (Å²) in [5, 5.41) is 0. The van der Waals surface area contributed by atoms with Crippen molar-refractivity contribution < 1.29 is 0 Å². The number of nitrogens with zero attached hydrogens (tertiary/aromatic N) is 2. The molecule has 17 heavy (non-hydrogen) atoms. The van der Waals surface area contributed by atoms with E-state index in [2.05, 4.69) is 36.9 Å². The van der Waals surface area contributed by atoms with Crippen LogP contribution >= 0.6 is 0 Å². The first-order valence-electron chi connectivity index (χ1n) is 6.36. The van der Waals surface area contributed by atoms with Gasteiger partial charge in [0.25, 0.3) is 0 Å². The molecule has 1 saturated heterocycles. The Labute approximate surface area is 104 Å². The van der Waals surface area contributed by atoms with Crippen molar-refractivity contribution in [3.05, 3.63) is 23.8 Å². The number of piperidine rings is 1. The van der Waals surface area contributed by atoms with E-state index >= 15 is 0 Å². The summed E-state index contributed by atoms with van der Waals surface area (Å²) in [5.41, 5.74) is 9.46. The number of hydrogen-bond donors (Lipinski definition) is 1. The van der Waals surface area contributed by atoms with Crippen LogP contribution in [0.2, 0.25) is 0 Å². The van der Waals surface area contributed by atoms with Crippen LogP contribution in [-0.4, -0.2) is 38.1 Å². The molecule has 2 rings (SSSR count). The molecule has 1 fully saturated rings. The van der Waals surface area contributed by atoms with Crippen molar-refractivity contribution in [2.45, 2.75) is 25.8 Å². The molecular formula is C14H23N3. The van der Waals surface area contributed by atoms with Crippen LogP contribution in [0, 0.1) is 6.92 Å². The van der Waals surface area contributed by atoms with Crippen molar-refractivity contribution in [3.63, 3.8) is 0 Å². The number of anilines is 2. The molecule has 1 unspecified atom stereocenters. The summed E-state index contributed by atoms with van der Waals surface area (Å²) >= 11 is 0. The van der Waals surface area contributed by atoms with Crippen LogP contribution in [0.3, 0.4) is 0 Å². The average molecular weight is 233 g/mol. The predicted molar refractivity (Wildman–Crippen MR) is 74.5 cm³/mol. The molecule has 0 bridgehead atoms. The summed E-state index contributed by atoms with van der Waals surface area (Å²) in [6.07, 6.45) is 2.53. The first-order valence-corrected chi connectivity index (χ1v) is 6.36. The molecule has 1 aliphatic heterocycles. The first-order chi connectivity index (χ1) is 8.09. The highest BCUT2D eigenvalue weighted by atomic mass is 15.2. The SMILES string of the molecule is Cc1cccc(N)c1N(C)C1CCCN(C)C1. The summed E-state index contributed by atoms with van der Waals surface area (Å²) in [6.45, 7) is 4.48. The highest BCUT2D eigenvalue weighted by Gasteiger charge is 2.23. The zero-order valence-electron chi connectivity index (χ0n) is 11.1. The fourth-order valence-corrected chi connectivity index (χ4v) is 2.80. The molecule has 94 valence electrons. The Kier molecular flexibility index (Phi) is 3.57. The topological polar surface area (TPSA) is 32.5 Å². The smallest absolute Gasteiger partial charge is 0.0629 e. The Hall–Kier alpha value is -1.22. The van der Waals surface area contributed by atoms with Gasteiger partial charge in [-0.1, -0.05) is 12.1 Å². The highest BCUT2D eigenvalue weighted by Crippen LogP contribution is 2.29. The van der Waals surface area contributed by atoms with Crippen molar-refractivity contribution in [2.75, 3.05) is 37.8 Å². The van der Waals surface area contributed by atoms with E-state index < -0.39 is 0 Å². The summed E-state index contributed by atoms with van der Waals surface area (Å²) in [7, 11) is 4.36. The third-order valence-electron chi connectivity index (χ3n) is 3.77. The number of rotatable bonds is 2. The molecule has 0 radical (unpaired) electrons. The van der Waals surface area contributed by atoms with Gasteiger partial charge in [-0.2, -0.15) is 0 Å². The third-order valence-corrected chi connectivity index (χ3v) is 3.77. The van der Waals surface area contributed by atoms with E-state index in [9.17, 15) is 0 Å². The molecule has 0 amide bonds. The zero-order valence-corrected chi connectivity index (χ0v) is 11.1. The first kappa shape index (κ1) is 12.2. The van der Waals surface area contributed by atoms with E-state index in [4.69, 9.17) is 5.73 Å². The van der Waals surface area contributed by atoms with E-state index in [1.54, 1.807) is 0 Å². The molecular weight excluding hydrogens is 210 g/mol. The quantitative estimate of drug-likeness (QED) is 0.794. The van der Waals surface area contributed by atoms with Crippen LogP contribution in [0.5, 0.6) is 0 Å². The minimum Gasteiger partial charge on any atom is -0.397 e. The maximum absolute atomic E-state index is 6.11. The number of aryl methyl sites for hydroxylation is 1. The Bertz CT molecular complexity index is 369. The van der Waals surface area contributed by atoms with Crippen LogP contribution in [0.15, 0.2) is 18.2 Å². The van der Waals surface area contributed by atoms with Gasteiger partial charge in [0.2, 0.25) is 0 Å². The second kappa shape index (κ2) is 4.96. The van der Waals surface area contributed by atoms with Crippen molar-refractivity contribution in [1.82, 2.24) is 4.90 Å². The van der Waals surface area contributed by atoms with Gasteiger partial charge in [-0.3, -0.25) is 0 Å².